The number of fused-ring (bicyclic) bond motifs is 2. The van der Waals surface area contributed by atoms with Crippen molar-refractivity contribution in [3.63, 3.8) is 0 Å². The highest BCUT2D eigenvalue weighted by Gasteiger charge is 2.11. The lowest BCUT2D eigenvalue weighted by Gasteiger charge is -2.07. The molecule has 0 aliphatic rings. The van der Waals surface area contributed by atoms with E-state index >= 15 is 0 Å². The highest BCUT2D eigenvalue weighted by atomic mass is 19.1. The first kappa shape index (κ1) is 14.6. The molecule has 0 bridgehead atoms. The van der Waals surface area contributed by atoms with Crippen LogP contribution < -0.4 is 5.32 Å². The van der Waals surface area contributed by atoms with E-state index in [1.807, 2.05) is 12.3 Å². The van der Waals surface area contributed by atoms with Gasteiger partial charge in [-0.1, -0.05) is 13.8 Å². The van der Waals surface area contributed by atoms with Crippen LogP contribution in [-0.2, 0) is 0 Å². The number of anilines is 1. The van der Waals surface area contributed by atoms with Crippen molar-refractivity contribution in [2.75, 3.05) is 11.9 Å². The number of pyridine rings is 1. The first-order valence-electron chi connectivity index (χ1n) is 7.83. The van der Waals surface area contributed by atoms with Crippen LogP contribution in [0.2, 0.25) is 0 Å². The molecule has 0 unspecified atom stereocenters. The second kappa shape index (κ2) is 5.59. The molecule has 4 rings (SSSR count). The van der Waals surface area contributed by atoms with Gasteiger partial charge in [0.2, 0.25) is 11.9 Å². The number of rotatable bonds is 4. The molecule has 24 heavy (non-hydrogen) atoms. The predicted octanol–water partition coefficient (Wildman–Crippen LogP) is 3.48. The van der Waals surface area contributed by atoms with Crippen molar-refractivity contribution in [2.45, 2.75) is 13.8 Å². The summed E-state index contributed by atoms with van der Waals surface area (Å²) in [6.07, 6.45) is 6.59. The molecule has 0 amide bonds. The van der Waals surface area contributed by atoms with Gasteiger partial charge in [0, 0.05) is 41.6 Å². The number of nitrogens with zero attached hydrogens (tertiary/aromatic N) is 4. The zero-order valence-electron chi connectivity index (χ0n) is 13.4. The van der Waals surface area contributed by atoms with Gasteiger partial charge in [0.05, 0.1) is 6.20 Å². The molecule has 4 heterocycles. The first-order chi connectivity index (χ1) is 11.6. The van der Waals surface area contributed by atoms with Gasteiger partial charge in [0.1, 0.15) is 11.3 Å². The number of imidazole rings is 1. The molecule has 0 saturated carbocycles. The van der Waals surface area contributed by atoms with Crippen LogP contribution in [-0.4, -0.2) is 30.9 Å². The van der Waals surface area contributed by atoms with Crippen LogP contribution in [0.3, 0.4) is 0 Å². The van der Waals surface area contributed by atoms with Gasteiger partial charge in [-0.25, -0.2) is 9.97 Å². The second-order valence-corrected chi connectivity index (χ2v) is 6.16. The maximum atomic E-state index is 13.7. The molecule has 0 radical (unpaired) electrons. The Labute approximate surface area is 137 Å². The minimum absolute atomic E-state index is 0.386. The molecule has 4 aromatic heterocycles. The van der Waals surface area contributed by atoms with Gasteiger partial charge in [-0.3, -0.25) is 4.40 Å². The van der Waals surface area contributed by atoms with E-state index < -0.39 is 0 Å². The summed E-state index contributed by atoms with van der Waals surface area (Å²) in [6.45, 7) is 5.07. The molecule has 2 N–H and O–H groups in total. The van der Waals surface area contributed by atoms with Gasteiger partial charge in [0.15, 0.2) is 0 Å². The number of aromatic amines is 1. The van der Waals surface area contributed by atoms with Crippen molar-refractivity contribution in [3.05, 3.63) is 42.9 Å². The summed E-state index contributed by atoms with van der Waals surface area (Å²) in [5, 5.41) is 4.10. The minimum atomic E-state index is -0.386. The zero-order chi connectivity index (χ0) is 16.7. The van der Waals surface area contributed by atoms with Crippen molar-refractivity contribution in [2.24, 2.45) is 5.92 Å². The lowest BCUT2D eigenvalue weighted by molar-refractivity contribution is 0.573. The van der Waals surface area contributed by atoms with E-state index in [-0.39, 0.29) is 5.95 Å². The van der Waals surface area contributed by atoms with Crippen molar-refractivity contribution in [1.82, 2.24) is 24.3 Å². The fourth-order valence-corrected chi connectivity index (χ4v) is 2.64. The highest BCUT2D eigenvalue weighted by Crippen LogP contribution is 2.28. The van der Waals surface area contributed by atoms with Crippen LogP contribution in [0.25, 0.3) is 27.8 Å². The summed E-state index contributed by atoms with van der Waals surface area (Å²) in [7, 11) is 0. The number of hydrogen-bond donors (Lipinski definition) is 2. The molecule has 4 aromatic rings. The number of hydrogen-bond acceptors (Lipinski definition) is 4. The predicted molar refractivity (Wildman–Crippen MR) is 91.4 cm³/mol. The van der Waals surface area contributed by atoms with E-state index in [1.54, 1.807) is 18.5 Å². The number of halogens is 1. The standard InChI is InChI=1S/C17H17FN6/c1-10(2)5-21-17-22-7-13-12(6-20-16(13)23-17)11-3-4-15-19-8-14(18)24(15)9-11/h3-4,6-10H,5H2,1-2H3,(H2,20,21,22,23). The topological polar surface area (TPSA) is 70.9 Å². The third-order valence-corrected chi connectivity index (χ3v) is 3.87. The van der Waals surface area contributed by atoms with Gasteiger partial charge in [-0.15, -0.1) is 0 Å². The van der Waals surface area contributed by atoms with Crippen LogP contribution in [0.5, 0.6) is 0 Å². The molecule has 0 aliphatic carbocycles. The van der Waals surface area contributed by atoms with E-state index in [4.69, 9.17) is 0 Å². The lowest BCUT2D eigenvalue weighted by Crippen LogP contribution is -2.10. The third-order valence-electron chi connectivity index (χ3n) is 3.87. The number of nitrogens with one attached hydrogen (secondary N) is 2. The first-order valence-corrected chi connectivity index (χ1v) is 7.83. The van der Waals surface area contributed by atoms with E-state index in [9.17, 15) is 4.39 Å². The Kier molecular flexibility index (Phi) is 3.41. The van der Waals surface area contributed by atoms with Gasteiger partial charge < -0.3 is 10.3 Å². The highest BCUT2D eigenvalue weighted by molar-refractivity contribution is 5.93. The molecule has 7 heteroatoms. The van der Waals surface area contributed by atoms with Gasteiger partial charge in [0.25, 0.3) is 0 Å². The Bertz CT molecular complexity index is 1020. The summed E-state index contributed by atoms with van der Waals surface area (Å²) in [5.74, 6) is 0.726. The second-order valence-electron chi connectivity index (χ2n) is 6.16. The molecule has 0 saturated heterocycles. The van der Waals surface area contributed by atoms with Gasteiger partial charge in [-0.05, 0) is 18.1 Å². The fourth-order valence-electron chi connectivity index (χ4n) is 2.64. The molecular weight excluding hydrogens is 307 g/mol. The molecule has 0 spiro atoms. The Balaban J connectivity index is 1.74. The van der Waals surface area contributed by atoms with Crippen LogP contribution in [0, 0.1) is 11.9 Å². The molecule has 0 aliphatic heterocycles. The van der Waals surface area contributed by atoms with Crippen LogP contribution in [0.1, 0.15) is 13.8 Å². The Morgan fingerprint density at radius 2 is 2.12 bits per heavy atom. The van der Waals surface area contributed by atoms with E-state index in [0.717, 1.165) is 28.7 Å². The van der Waals surface area contributed by atoms with Crippen molar-refractivity contribution < 1.29 is 4.39 Å². The maximum absolute atomic E-state index is 13.7. The van der Waals surface area contributed by atoms with Crippen molar-refractivity contribution >= 4 is 22.6 Å². The van der Waals surface area contributed by atoms with Crippen molar-refractivity contribution in [1.29, 1.82) is 0 Å². The van der Waals surface area contributed by atoms with Gasteiger partial charge in [-0.2, -0.15) is 9.37 Å². The summed E-state index contributed by atoms with van der Waals surface area (Å²) in [4.78, 5) is 16.0. The summed E-state index contributed by atoms with van der Waals surface area (Å²) < 4.78 is 15.2. The lowest BCUT2D eigenvalue weighted by atomic mass is 10.1. The van der Waals surface area contributed by atoms with Crippen LogP contribution in [0.4, 0.5) is 10.3 Å². The maximum Gasteiger partial charge on any atom is 0.224 e. The third kappa shape index (κ3) is 2.47. The normalized spacial score (nSPS) is 11.7. The molecule has 0 atom stereocenters. The quantitative estimate of drug-likeness (QED) is 0.603. The Morgan fingerprint density at radius 1 is 1.25 bits per heavy atom. The van der Waals surface area contributed by atoms with Gasteiger partial charge >= 0.3 is 0 Å². The van der Waals surface area contributed by atoms with Crippen LogP contribution in [0.15, 0.2) is 36.9 Å². The average molecular weight is 324 g/mol. The van der Waals surface area contributed by atoms with Crippen LogP contribution >= 0.6 is 0 Å². The molecule has 122 valence electrons. The SMILES string of the molecule is CC(C)CNc1ncc2c(-c3ccc4ncc(F)n4c3)c[nH]c2n1. The Morgan fingerprint density at radius 3 is 2.96 bits per heavy atom. The molecule has 0 aromatic carbocycles. The monoisotopic (exact) mass is 324 g/mol. The average Bonchev–Trinajstić information content (AvgIpc) is 3.16. The molecular formula is C17H17FN6. The summed E-state index contributed by atoms with van der Waals surface area (Å²) in [6, 6.07) is 3.70. The molecule has 0 fully saturated rings. The van der Waals surface area contributed by atoms with E-state index in [0.29, 0.717) is 17.5 Å². The van der Waals surface area contributed by atoms with E-state index in [1.165, 1.54) is 10.6 Å². The van der Waals surface area contributed by atoms with E-state index in [2.05, 4.69) is 39.1 Å². The summed E-state index contributed by atoms with van der Waals surface area (Å²) in [5.41, 5.74) is 3.12. The number of aromatic nitrogens is 5. The summed E-state index contributed by atoms with van der Waals surface area (Å²) >= 11 is 0. The Hall–Kier alpha value is -2.96. The molecule has 6 nitrogen and oxygen atoms in total. The smallest absolute Gasteiger partial charge is 0.224 e. The minimum Gasteiger partial charge on any atom is -0.354 e. The largest absolute Gasteiger partial charge is 0.354 e. The van der Waals surface area contributed by atoms with Crippen molar-refractivity contribution in [3.8, 4) is 11.1 Å². The zero-order valence-corrected chi connectivity index (χ0v) is 13.4. The fraction of sp³-hybridized carbons (Fsp3) is 0.235. The number of H-pyrrole nitrogens is 1.